The highest BCUT2D eigenvalue weighted by molar-refractivity contribution is 9.11. The Morgan fingerprint density at radius 1 is 1.33 bits per heavy atom. The summed E-state index contributed by atoms with van der Waals surface area (Å²) in [7, 11) is -3.73. The number of thiophene rings is 1. The van der Waals surface area contributed by atoms with Gasteiger partial charge in [-0.3, -0.25) is 4.72 Å². The summed E-state index contributed by atoms with van der Waals surface area (Å²) in [5.74, 6) is 0. The van der Waals surface area contributed by atoms with E-state index in [4.69, 9.17) is 11.6 Å². The minimum Gasteiger partial charge on any atom is -0.276 e. The minimum absolute atomic E-state index is 0.218. The van der Waals surface area contributed by atoms with Gasteiger partial charge in [0.05, 0.1) is 26.2 Å². The van der Waals surface area contributed by atoms with Crippen LogP contribution in [0.15, 0.2) is 26.9 Å². The second-order valence-electron chi connectivity index (χ2n) is 4.13. The fourth-order valence-electron chi connectivity index (χ4n) is 1.81. The minimum atomic E-state index is -3.73. The van der Waals surface area contributed by atoms with Crippen LogP contribution in [-0.4, -0.2) is 17.2 Å². The van der Waals surface area contributed by atoms with Gasteiger partial charge in [-0.2, -0.15) is 8.75 Å². The van der Waals surface area contributed by atoms with Crippen LogP contribution in [0.25, 0.3) is 11.0 Å². The first-order valence-corrected chi connectivity index (χ1v) is 9.78. The van der Waals surface area contributed by atoms with Crippen LogP contribution >= 0.6 is 50.6 Å². The van der Waals surface area contributed by atoms with Crippen molar-refractivity contribution >= 4 is 77.3 Å². The maximum absolute atomic E-state index is 12.5. The predicted molar refractivity (Wildman–Crippen MR) is 90.0 cm³/mol. The topological polar surface area (TPSA) is 72.0 Å². The van der Waals surface area contributed by atoms with Crippen molar-refractivity contribution in [2.24, 2.45) is 0 Å². The zero-order valence-electron chi connectivity index (χ0n) is 10.4. The molecule has 0 radical (unpaired) electrons. The summed E-state index contributed by atoms with van der Waals surface area (Å²) in [6, 6.07) is 4.86. The van der Waals surface area contributed by atoms with E-state index in [0.29, 0.717) is 15.9 Å². The van der Waals surface area contributed by atoms with Gasteiger partial charge in [-0.1, -0.05) is 11.6 Å². The average Bonchev–Trinajstić information content (AvgIpc) is 2.99. The number of hydrogen-bond donors (Lipinski definition) is 1. The van der Waals surface area contributed by atoms with Gasteiger partial charge in [0.15, 0.2) is 0 Å². The van der Waals surface area contributed by atoms with Crippen molar-refractivity contribution in [2.45, 2.75) is 11.8 Å². The van der Waals surface area contributed by atoms with Gasteiger partial charge in [0, 0.05) is 4.88 Å². The van der Waals surface area contributed by atoms with E-state index in [-0.39, 0.29) is 15.6 Å². The lowest BCUT2D eigenvalue weighted by atomic mass is 10.3. The fraction of sp³-hybridized carbons (Fsp3) is 0.0909. The summed E-state index contributed by atoms with van der Waals surface area (Å²) >= 11 is 11.8. The average molecular weight is 425 g/mol. The normalized spacial score (nSPS) is 12.0. The van der Waals surface area contributed by atoms with Gasteiger partial charge in [0.25, 0.3) is 10.0 Å². The lowest BCUT2D eigenvalue weighted by Gasteiger charge is -2.09. The van der Waals surface area contributed by atoms with Crippen LogP contribution in [0, 0.1) is 6.92 Å². The van der Waals surface area contributed by atoms with E-state index in [1.54, 1.807) is 25.1 Å². The van der Waals surface area contributed by atoms with E-state index in [0.717, 1.165) is 15.5 Å². The van der Waals surface area contributed by atoms with Crippen LogP contribution in [0.5, 0.6) is 0 Å². The Labute approximate surface area is 142 Å². The van der Waals surface area contributed by atoms with E-state index in [1.165, 1.54) is 11.3 Å². The van der Waals surface area contributed by atoms with E-state index in [9.17, 15) is 8.42 Å². The molecular formula is C11H7BrClN3O2S3. The number of benzene rings is 1. The van der Waals surface area contributed by atoms with Crippen molar-refractivity contribution in [1.29, 1.82) is 0 Å². The lowest BCUT2D eigenvalue weighted by molar-refractivity contribution is 0.601. The van der Waals surface area contributed by atoms with E-state index >= 15 is 0 Å². The lowest BCUT2D eigenvalue weighted by Crippen LogP contribution is -2.13. The van der Waals surface area contributed by atoms with Crippen LogP contribution in [-0.2, 0) is 10.0 Å². The molecule has 0 atom stereocenters. The maximum Gasteiger partial charge on any atom is 0.263 e. The van der Waals surface area contributed by atoms with Gasteiger partial charge in [-0.25, -0.2) is 8.42 Å². The molecule has 0 bridgehead atoms. The molecule has 2 heterocycles. The van der Waals surface area contributed by atoms with Gasteiger partial charge in [-0.05, 0) is 41.1 Å². The van der Waals surface area contributed by atoms with E-state index < -0.39 is 10.0 Å². The third kappa shape index (κ3) is 2.80. The van der Waals surface area contributed by atoms with Crippen LogP contribution in [0.2, 0.25) is 5.02 Å². The Kier molecular flexibility index (Phi) is 3.95. The number of halogens is 2. The molecule has 3 rings (SSSR count). The first-order chi connectivity index (χ1) is 9.88. The van der Waals surface area contributed by atoms with Gasteiger partial charge in [0.1, 0.15) is 15.9 Å². The number of aromatic nitrogens is 2. The van der Waals surface area contributed by atoms with Crippen molar-refractivity contribution in [2.75, 3.05) is 4.72 Å². The Morgan fingerprint density at radius 3 is 2.76 bits per heavy atom. The van der Waals surface area contributed by atoms with Crippen molar-refractivity contribution in [1.82, 2.24) is 8.75 Å². The van der Waals surface area contributed by atoms with E-state index in [2.05, 4.69) is 29.4 Å². The molecule has 2 aromatic heterocycles. The molecule has 21 heavy (non-hydrogen) atoms. The van der Waals surface area contributed by atoms with Crippen molar-refractivity contribution < 1.29 is 8.42 Å². The Bertz CT molecular complexity index is 935. The molecule has 0 amide bonds. The van der Waals surface area contributed by atoms with Crippen LogP contribution in [0.1, 0.15) is 4.88 Å². The number of hydrogen-bond acceptors (Lipinski definition) is 6. The van der Waals surface area contributed by atoms with Crippen molar-refractivity contribution in [3.05, 3.63) is 31.9 Å². The summed E-state index contributed by atoms with van der Waals surface area (Å²) in [6.45, 7) is 1.75. The number of nitrogens with zero attached hydrogens (tertiary/aromatic N) is 2. The summed E-state index contributed by atoms with van der Waals surface area (Å²) in [6.07, 6.45) is 0. The zero-order chi connectivity index (χ0) is 15.2. The molecular weight excluding hydrogens is 418 g/mol. The first kappa shape index (κ1) is 15.2. The smallest absolute Gasteiger partial charge is 0.263 e. The second-order valence-corrected chi connectivity index (χ2v) is 9.35. The van der Waals surface area contributed by atoms with Gasteiger partial charge >= 0.3 is 0 Å². The standard InChI is InChI=1S/C11H7BrClN3O2S3/c1-5-8(4-9(12)19-5)21(17,18)16-10-6(13)2-3-7-11(10)15-20-14-7/h2-4,16H,1H3. The molecule has 0 aliphatic rings. The van der Waals surface area contributed by atoms with E-state index in [1.807, 2.05) is 0 Å². The Morgan fingerprint density at radius 2 is 2.10 bits per heavy atom. The summed E-state index contributed by atoms with van der Waals surface area (Å²) in [4.78, 5) is 0.907. The quantitative estimate of drug-likeness (QED) is 0.681. The number of sulfonamides is 1. The largest absolute Gasteiger partial charge is 0.276 e. The third-order valence-electron chi connectivity index (χ3n) is 2.75. The van der Waals surface area contributed by atoms with Gasteiger partial charge < -0.3 is 0 Å². The molecule has 3 aromatic rings. The Balaban J connectivity index is 2.11. The molecule has 0 fully saturated rings. The van der Waals surface area contributed by atoms with Gasteiger partial charge in [-0.15, -0.1) is 11.3 Å². The molecule has 10 heteroatoms. The maximum atomic E-state index is 12.5. The molecule has 110 valence electrons. The number of fused-ring (bicyclic) bond motifs is 1. The third-order valence-corrected chi connectivity index (χ3v) is 6.76. The molecule has 0 saturated heterocycles. The second kappa shape index (κ2) is 5.47. The highest BCUT2D eigenvalue weighted by Crippen LogP contribution is 2.34. The number of rotatable bonds is 3. The molecule has 0 aliphatic heterocycles. The molecule has 1 N–H and O–H groups in total. The van der Waals surface area contributed by atoms with Crippen LogP contribution < -0.4 is 4.72 Å². The van der Waals surface area contributed by atoms with Crippen molar-refractivity contribution in [3.8, 4) is 0 Å². The van der Waals surface area contributed by atoms with Gasteiger partial charge in [0.2, 0.25) is 0 Å². The molecule has 0 unspecified atom stereocenters. The summed E-state index contributed by atoms with van der Waals surface area (Å²) in [5, 5.41) is 0.283. The molecule has 1 aromatic carbocycles. The SMILES string of the molecule is Cc1sc(Br)cc1S(=O)(=O)Nc1c(Cl)ccc2nsnc12. The first-order valence-electron chi connectivity index (χ1n) is 5.58. The summed E-state index contributed by atoms with van der Waals surface area (Å²) < 4.78 is 36.5. The number of nitrogens with one attached hydrogen (secondary N) is 1. The Hall–Kier alpha value is -0.740. The van der Waals surface area contributed by atoms with Crippen LogP contribution in [0.3, 0.4) is 0 Å². The number of aryl methyl sites for hydroxylation is 1. The van der Waals surface area contributed by atoms with Crippen molar-refractivity contribution in [3.63, 3.8) is 0 Å². The number of anilines is 1. The fourth-order valence-corrected chi connectivity index (χ4v) is 6.11. The molecule has 0 saturated carbocycles. The highest BCUT2D eigenvalue weighted by atomic mass is 79.9. The monoisotopic (exact) mass is 423 g/mol. The van der Waals surface area contributed by atoms with Crippen LogP contribution in [0.4, 0.5) is 5.69 Å². The highest BCUT2D eigenvalue weighted by Gasteiger charge is 2.22. The zero-order valence-corrected chi connectivity index (χ0v) is 15.2. The molecule has 5 nitrogen and oxygen atoms in total. The molecule has 0 aliphatic carbocycles. The molecule has 0 spiro atoms. The summed E-state index contributed by atoms with van der Waals surface area (Å²) in [5.41, 5.74) is 1.30. The predicted octanol–water partition coefficient (Wildman–Crippen LogP) is 4.28.